The van der Waals surface area contributed by atoms with Crippen molar-refractivity contribution >= 4 is 16.6 Å². The van der Waals surface area contributed by atoms with Crippen LogP contribution in [0.3, 0.4) is 0 Å². The van der Waals surface area contributed by atoms with Crippen LogP contribution in [0.2, 0.25) is 0 Å². The fraction of sp³-hybridized carbons (Fsp3) is 0.429. The van der Waals surface area contributed by atoms with Gasteiger partial charge in [0.05, 0.1) is 0 Å². The first-order valence-corrected chi connectivity index (χ1v) is 6.44. The van der Waals surface area contributed by atoms with Gasteiger partial charge in [-0.05, 0) is 49.6 Å². The van der Waals surface area contributed by atoms with Crippen LogP contribution < -0.4 is 5.73 Å². The third kappa shape index (κ3) is 1.32. The van der Waals surface area contributed by atoms with Gasteiger partial charge in [0.1, 0.15) is 0 Å². The van der Waals surface area contributed by atoms with Gasteiger partial charge in [0.25, 0.3) is 0 Å². The van der Waals surface area contributed by atoms with Crippen LogP contribution in [0.1, 0.15) is 24.1 Å². The summed E-state index contributed by atoms with van der Waals surface area (Å²) in [5.41, 5.74) is 10.9. The van der Waals surface area contributed by atoms with Gasteiger partial charge in [0, 0.05) is 34.9 Å². The van der Waals surface area contributed by atoms with Crippen LogP contribution in [-0.2, 0) is 13.0 Å². The summed E-state index contributed by atoms with van der Waals surface area (Å²) in [6.07, 6.45) is 3.90. The molecule has 1 fully saturated rings. The summed E-state index contributed by atoms with van der Waals surface area (Å²) >= 11 is 0. The van der Waals surface area contributed by atoms with E-state index in [-0.39, 0.29) is 0 Å². The Bertz CT molecular complexity index is 584. The summed E-state index contributed by atoms with van der Waals surface area (Å²) < 4.78 is 0. The van der Waals surface area contributed by atoms with E-state index in [9.17, 15) is 0 Å². The third-order valence-corrected chi connectivity index (χ3v) is 4.32. The van der Waals surface area contributed by atoms with Gasteiger partial charge in [-0.15, -0.1) is 0 Å². The molecule has 0 amide bonds. The first-order valence-electron chi connectivity index (χ1n) is 6.44. The molecule has 0 saturated carbocycles. The number of fused-ring (bicyclic) bond motifs is 4. The summed E-state index contributed by atoms with van der Waals surface area (Å²) in [4.78, 5) is 6.17. The fourth-order valence-electron chi connectivity index (χ4n) is 3.46. The average Bonchev–Trinajstić information content (AvgIpc) is 2.89. The van der Waals surface area contributed by atoms with Crippen LogP contribution in [0.15, 0.2) is 18.2 Å². The zero-order chi connectivity index (χ0) is 11.4. The van der Waals surface area contributed by atoms with E-state index in [1.165, 1.54) is 48.0 Å². The van der Waals surface area contributed by atoms with E-state index in [2.05, 4.69) is 22.0 Å². The molecule has 17 heavy (non-hydrogen) atoms. The Labute approximate surface area is 101 Å². The van der Waals surface area contributed by atoms with Crippen molar-refractivity contribution in [2.24, 2.45) is 0 Å². The Hall–Kier alpha value is -1.48. The van der Waals surface area contributed by atoms with Gasteiger partial charge in [-0.1, -0.05) is 0 Å². The zero-order valence-corrected chi connectivity index (χ0v) is 9.87. The van der Waals surface area contributed by atoms with E-state index in [4.69, 9.17) is 5.73 Å². The Kier molecular flexibility index (Phi) is 1.83. The summed E-state index contributed by atoms with van der Waals surface area (Å²) in [5, 5.41) is 1.34. The standard InChI is InChI=1S/C14H17N3/c15-9-3-4-13-11(6-9)12-7-10-2-1-5-17(10)8-14(12)16-13/h3-4,6,10,16H,1-2,5,7-8,15H2. The van der Waals surface area contributed by atoms with E-state index >= 15 is 0 Å². The number of benzene rings is 1. The van der Waals surface area contributed by atoms with Crippen molar-refractivity contribution in [3.8, 4) is 0 Å². The Morgan fingerprint density at radius 2 is 2.29 bits per heavy atom. The van der Waals surface area contributed by atoms with Crippen molar-refractivity contribution in [2.75, 3.05) is 12.3 Å². The Morgan fingerprint density at radius 3 is 3.24 bits per heavy atom. The van der Waals surface area contributed by atoms with Crippen molar-refractivity contribution < 1.29 is 0 Å². The molecule has 3 N–H and O–H groups in total. The number of anilines is 1. The summed E-state index contributed by atoms with van der Waals surface area (Å²) in [7, 11) is 0. The van der Waals surface area contributed by atoms with Crippen molar-refractivity contribution in [1.29, 1.82) is 0 Å². The topological polar surface area (TPSA) is 45.1 Å². The molecular formula is C14H17N3. The number of hydrogen-bond acceptors (Lipinski definition) is 2. The third-order valence-electron chi connectivity index (χ3n) is 4.32. The first kappa shape index (κ1) is 9.54. The number of hydrogen-bond donors (Lipinski definition) is 2. The molecule has 0 bridgehead atoms. The molecule has 1 saturated heterocycles. The highest BCUT2D eigenvalue weighted by Gasteiger charge is 2.31. The molecule has 1 unspecified atom stereocenters. The Morgan fingerprint density at radius 1 is 1.35 bits per heavy atom. The van der Waals surface area contributed by atoms with Gasteiger partial charge in [0.2, 0.25) is 0 Å². The quantitative estimate of drug-likeness (QED) is 0.678. The second-order valence-corrected chi connectivity index (χ2v) is 5.36. The van der Waals surface area contributed by atoms with E-state index in [0.29, 0.717) is 0 Å². The number of aromatic amines is 1. The highest BCUT2D eigenvalue weighted by atomic mass is 15.2. The van der Waals surface area contributed by atoms with Crippen molar-refractivity contribution in [1.82, 2.24) is 9.88 Å². The lowest BCUT2D eigenvalue weighted by Crippen LogP contribution is -2.34. The molecule has 1 aromatic carbocycles. The molecule has 2 aliphatic heterocycles. The number of nitrogens with zero attached hydrogens (tertiary/aromatic N) is 1. The van der Waals surface area contributed by atoms with Crippen LogP contribution in [0.5, 0.6) is 0 Å². The van der Waals surface area contributed by atoms with E-state index in [1.807, 2.05) is 6.07 Å². The van der Waals surface area contributed by atoms with Gasteiger partial charge in [0.15, 0.2) is 0 Å². The van der Waals surface area contributed by atoms with Gasteiger partial charge in [-0.2, -0.15) is 0 Å². The minimum Gasteiger partial charge on any atom is -0.399 e. The normalized spacial score (nSPS) is 23.9. The fourth-order valence-corrected chi connectivity index (χ4v) is 3.46. The number of rotatable bonds is 0. The van der Waals surface area contributed by atoms with Crippen LogP contribution >= 0.6 is 0 Å². The molecule has 3 heteroatoms. The summed E-state index contributed by atoms with van der Waals surface area (Å²) in [6.45, 7) is 2.36. The number of nitrogens with two attached hydrogens (primary N) is 1. The maximum absolute atomic E-state index is 5.90. The van der Waals surface area contributed by atoms with Crippen LogP contribution in [-0.4, -0.2) is 22.5 Å². The van der Waals surface area contributed by atoms with Gasteiger partial charge in [-0.3, -0.25) is 4.90 Å². The van der Waals surface area contributed by atoms with Crippen molar-refractivity contribution in [3.05, 3.63) is 29.5 Å². The molecule has 3 nitrogen and oxygen atoms in total. The molecule has 88 valence electrons. The van der Waals surface area contributed by atoms with Crippen molar-refractivity contribution in [3.63, 3.8) is 0 Å². The first-order chi connectivity index (χ1) is 8.31. The lowest BCUT2D eigenvalue weighted by molar-refractivity contribution is 0.225. The molecule has 0 aliphatic carbocycles. The van der Waals surface area contributed by atoms with Crippen LogP contribution in [0, 0.1) is 0 Å². The molecule has 1 atom stereocenters. The highest BCUT2D eigenvalue weighted by molar-refractivity contribution is 5.87. The van der Waals surface area contributed by atoms with Gasteiger partial charge in [-0.25, -0.2) is 0 Å². The van der Waals surface area contributed by atoms with Gasteiger partial charge < -0.3 is 10.7 Å². The molecule has 4 rings (SSSR count). The summed E-state index contributed by atoms with van der Waals surface area (Å²) in [5.74, 6) is 0. The second kappa shape index (κ2) is 3.26. The molecule has 2 aromatic rings. The molecule has 0 radical (unpaired) electrons. The van der Waals surface area contributed by atoms with E-state index in [1.54, 1.807) is 0 Å². The average molecular weight is 227 g/mol. The maximum atomic E-state index is 5.90. The Balaban J connectivity index is 1.89. The van der Waals surface area contributed by atoms with E-state index < -0.39 is 0 Å². The van der Waals surface area contributed by atoms with E-state index in [0.717, 1.165) is 18.3 Å². The lowest BCUT2D eigenvalue weighted by Gasteiger charge is -2.29. The minimum atomic E-state index is 0.767. The number of nitrogens with one attached hydrogen (secondary N) is 1. The monoisotopic (exact) mass is 227 g/mol. The lowest BCUT2D eigenvalue weighted by atomic mass is 9.97. The predicted molar refractivity (Wildman–Crippen MR) is 69.8 cm³/mol. The number of nitrogen functional groups attached to an aromatic ring is 1. The second-order valence-electron chi connectivity index (χ2n) is 5.36. The molecule has 1 aromatic heterocycles. The minimum absolute atomic E-state index is 0.767. The molecule has 2 aliphatic rings. The largest absolute Gasteiger partial charge is 0.399 e. The van der Waals surface area contributed by atoms with Crippen LogP contribution in [0.4, 0.5) is 5.69 Å². The number of H-pyrrole nitrogens is 1. The predicted octanol–water partition coefficient (Wildman–Crippen LogP) is 2.27. The highest BCUT2D eigenvalue weighted by Crippen LogP contribution is 2.34. The molecule has 0 spiro atoms. The SMILES string of the molecule is Nc1ccc2[nH]c3c(c2c1)CC1CCCN1C3. The summed E-state index contributed by atoms with van der Waals surface area (Å²) in [6, 6.07) is 6.97. The van der Waals surface area contributed by atoms with Gasteiger partial charge >= 0.3 is 0 Å². The number of aromatic nitrogens is 1. The smallest absolute Gasteiger partial charge is 0.0460 e. The maximum Gasteiger partial charge on any atom is 0.0460 e. The molecule has 3 heterocycles. The van der Waals surface area contributed by atoms with Crippen molar-refractivity contribution in [2.45, 2.75) is 31.8 Å². The van der Waals surface area contributed by atoms with Crippen LogP contribution in [0.25, 0.3) is 10.9 Å². The molecular weight excluding hydrogens is 210 g/mol. The zero-order valence-electron chi connectivity index (χ0n) is 9.87.